The lowest BCUT2D eigenvalue weighted by Gasteiger charge is -2.37. The maximum Gasteiger partial charge on any atom is 0.312 e. The van der Waals surface area contributed by atoms with E-state index in [9.17, 15) is 39.3 Å². The second kappa shape index (κ2) is 9.62. The standard InChI is InChI=1S/C17H22N2O9/c1-3-17(6-13(23)24,7-14(25)26)10(4-12(21)22)5-15(27)28-11-8-18-16(19-11)9(2)20/h8,10H,3-7H2,1-2H3,(H,18,19)(H,21,22)(H,23,24)(H,25,26). The van der Waals surface area contributed by atoms with Crippen molar-refractivity contribution in [2.24, 2.45) is 11.3 Å². The van der Waals surface area contributed by atoms with E-state index >= 15 is 0 Å². The fourth-order valence-electron chi connectivity index (χ4n) is 3.11. The highest BCUT2D eigenvalue weighted by molar-refractivity contribution is 5.90. The maximum absolute atomic E-state index is 12.3. The number of esters is 1. The van der Waals surface area contributed by atoms with Crippen molar-refractivity contribution in [3.8, 4) is 5.88 Å². The van der Waals surface area contributed by atoms with Crippen molar-refractivity contribution in [1.29, 1.82) is 0 Å². The van der Waals surface area contributed by atoms with Gasteiger partial charge in [-0.15, -0.1) is 0 Å². The topological polar surface area (TPSA) is 184 Å². The molecule has 154 valence electrons. The summed E-state index contributed by atoms with van der Waals surface area (Å²) < 4.78 is 5.01. The van der Waals surface area contributed by atoms with Gasteiger partial charge in [-0.2, -0.15) is 0 Å². The quantitative estimate of drug-likeness (QED) is 0.296. The lowest BCUT2D eigenvalue weighted by molar-refractivity contribution is -0.152. The number of hydrogen-bond acceptors (Lipinski definition) is 7. The van der Waals surface area contributed by atoms with Crippen LogP contribution in [0.3, 0.4) is 0 Å². The number of aromatic nitrogens is 2. The fraction of sp³-hybridized carbons (Fsp3) is 0.529. The highest BCUT2D eigenvalue weighted by Gasteiger charge is 2.43. The maximum atomic E-state index is 12.3. The third-order valence-corrected chi connectivity index (χ3v) is 4.52. The number of nitrogens with zero attached hydrogens (tertiary/aromatic N) is 1. The Hall–Kier alpha value is -3.24. The van der Waals surface area contributed by atoms with E-state index in [1.807, 2.05) is 0 Å². The monoisotopic (exact) mass is 398 g/mol. The van der Waals surface area contributed by atoms with Crippen molar-refractivity contribution in [3.63, 3.8) is 0 Å². The molecule has 0 saturated carbocycles. The molecule has 11 nitrogen and oxygen atoms in total. The zero-order chi connectivity index (χ0) is 21.5. The summed E-state index contributed by atoms with van der Waals surface area (Å²) in [7, 11) is 0. The van der Waals surface area contributed by atoms with Gasteiger partial charge in [0.25, 0.3) is 0 Å². The highest BCUT2D eigenvalue weighted by Crippen LogP contribution is 2.43. The summed E-state index contributed by atoms with van der Waals surface area (Å²) in [5, 5.41) is 27.6. The van der Waals surface area contributed by atoms with Gasteiger partial charge in [-0.1, -0.05) is 6.92 Å². The summed E-state index contributed by atoms with van der Waals surface area (Å²) in [6.45, 7) is 2.79. The number of H-pyrrole nitrogens is 1. The van der Waals surface area contributed by atoms with Crippen LogP contribution in [0.15, 0.2) is 6.20 Å². The summed E-state index contributed by atoms with van der Waals surface area (Å²) in [6, 6.07) is 0. The van der Waals surface area contributed by atoms with Gasteiger partial charge in [0.15, 0.2) is 11.6 Å². The molecule has 4 N–H and O–H groups in total. The van der Waals surface area contributed by atoms with Crippen molar-refractivity contribution < 1.29 is 44.0 Å². The minimum Gasteiger partial charge on any atom is -0.481 e. The summed E-state index contributed by atoms with van der Waals surface area (Å²) in [5.41, 5.74) is -1.45. The number of rotatable bonds is 12. The molecule has 11 heteroatoms. The number of carbonyl (C=O) groups is 5. The Bertz CT molecular complexity index is 752. The molecule has 0 spiro atoms. The zero-order valence-electron chi connectivity index (χ0n) is 15.4. The molecule has 28 heavy (non-hydrogen) atoms. The summed E-state index contributed by atoms with van der Waals surface area (Å²) >= 11 is 0. The van der Waals surface area contributed by atoms with Crippen LogP contribution in [0.5, 0.6) is 5.88 Å². The first-order valence-corrected chi connectivity index (χ1v) is 8.41. The molecule has 0 saturated heterocycles. The van der Waals surface area contributed by atoms with Crippen LogP contribution in [0, 0.1) is 11.3 Å². The van der Waals surface area contributed by atoms with Crippen LogP contribution in [0.25, 0.3) is 0 Å². The van der Waals surface area contributed by atoms with Gasteiger partial charge in [0.2, 0.25) is 5.88 Å². The molecule has 1 heterocycles. The van der Waals surface area contributed by atoms with E-state index < -0.39 is 60.9 Å². The van der Waals surface area contributed by atoms with E-state index in [0.29, 0.717) is 0 Å². The largest absolute Gasteiger partial charge is 0.481 e. The molecule has 1 aromatic heterocycles. The van der Waals surface area contributed by atoms with Crippen LogP contribution in [-0.4, -0.2) is 54.9 Å². The number of aliphatic carboxylic acids is 3. The molecule has 1 rings (SSSR count). The first kappa shape index (κ1) is 22.8. The van der Waals surface area contributed by atoms with E-state index in [4.69, 9.17) is 4.74 Å². The van der Waals surface area contributed by atoms with Crippen LogP contribution in [0.4, 0.5) is 0 Å². The molecule has 0 fully saturated rings. The summed E-state index contributed by atoms with van der Waals surface area (Å²) in [6.07, 6.45) is -1.21. The molecule has 0 radical (unpaired) electrons. The SMILES string of the molecule is CCC(CC(=O)O)(CC(=O)O)C(CC(=O)O)CC(=O)Oc1cnc(C(C)=O)[nH]1. The highest BCUT2D eigenvalue weighted by atomic mass is 16.5. The molecule has 1 atom stereocenters. The lowest BCUT2D eigenvalue weighted by atomic mass is 9.66. The van der Waals surface area contributed by atoms with Crippen LogP contribution < -0.4 is 4.74 Å². The van der Waals surface area contributed by atoms with Gasteiger partial charge in [0.05, 0.1) is 19.0 Å². The Labute approximate surface area is 159 Å². The van der Waals surface area contributed by atoms with Gasteiger partial charge in [0, 0.05) is 19.8 Å². The first-order chi connectivity index (χ1) is 13.0. The van der Waals surface area contributed by atoms with E-state index in [2.05, 4.69) is 9.97 Å². The summed E-state index contributed by atoms with van der Waals surface area (Å²) in [5.74, 6) is -6.46. The fourth-order valence-corrected chi connectivity index (χ4v) is 3.11. The Morgan fingerprint density at radius 1 is 1.07 bits per heavy atom. The van der Waals surface area contributed by atoms with Gasteiger partial charge >= 0.3 is 23.9 Å². The molecule has 0 aliphatic rings. The van der Waals surface area contributed by atoms with Gasteiger partial charge in [-0.3, -0.25) is 24.0 Å². The molecule has 0 bridgehead atoms. The Kier molecular flexibility index (Phi) is 7.84. The Balaban J connectivity index is 3.09. The first-order valence-electron chi connectivity index (χ1n) is 8.41. The van der Waals surface area contributed by atoms with Gasteiger partial charge in [-0.25, -0.2) is 4.98 Å². The van der Waals surface area contributed by atoms with Crippen molar-refractivity contribution in [1.82, 2.24) is 9.97 Å². The minimum absolute atomic E-state index is 0.0371. The number of carboxylic acids is 3. The van der Waals surface area contributed by atoms with E-state index in [0.717, 1.165) is 6.20 Å². The van der Waals surface area contributed by atoms with Crippen LogP contribution in [0.2, 0.25) is 0 Å². The molecular weight excluding hydrogens is 376 g/mol. The molecule has 0 amide bonds. The second-order valence-corrected chi connectivity index (χ2v) is 6.48. The number of aromatic amines is 1. The molecular formula is C17H22N2O9. The number of ether oxygens (including phenoxy) is 1. The van der Waals surface area contributed by atoms with E-state index in [-0.39, 0.29) is 23.9 Å². The molecule has 0 aliphatic carbocycles. The predicted octanol–water partition coefficient (Wildman–Crippen LogP) is 1.34. The average Bonchev–Trinajstić information content (AvgIpc) is 3.00. The van der Waals surface area contributed by atoms with Gasteiger partial charge in [-0.05, 0) is 17.8 Å². The number of imidazole rings is 1. The zero-order valence-corrected chi connectivity index (χ0v) is 15.4. The van der Waals surface area contributed by atoms with Crippen LogP contribution in [-0.2, 0) is 19.2 Å². The summed E-state index contributed by atoms with van der Waals surface area (Å²) in [4.78, 5) is 63.5. The molecule has 0 aliphatic heterocycles. The predicted molar refractivity (Wildman–Crippen MR) is 91.8 cm³/mol. The third kappa shape index (κ3) is 6.49. The minimum atomic E-state index is -1.45. The molecule has 1 unspecified atom stereocenters. The third-order valence-electron chi connectivity index (χ3n) is 4.52. The van der Waals surface area contributed by atoms with Crippen LogP contribution >= 0.6 is 0 Å². The van der Waals surface area contributed by atoms with Crippen molar-refractivity contribution >= 4 is 29.7 Å². The number of Topliss-reactive ketones (excluding diaryl/α,β-unsaturated/α-hetero) is 1. The van der Waals surface area contributed by atoms with E-state index in [1.165, 1.54) is 6.92 Å². The van der Waals surface area contributed by atoms with Gasteiger partial charge < -0.3 is 25.0 Å². The lowest BCUT2D eigenvalue weighted by Crippen LogP contribution is -2.38. The number of nitrogens with one attached hydrogen (secondary N) is 1. The van der Waals surface area contributed by atoms with Crippen molar-refractivity contribution in [3.05, 3.63) is 12.0 Å². The van der Waals surface area contributed by atoms with Crippen LogP contribution in [0.1, 0.15) is 56.6 Å². The Morgan fingerprint density at radius 2 is 1.64 bits per heavy atom. The van der Waals surface area contributed by atoms with Gasteiger partial charge in [0.1, 0.15) is 0 Å². The number of ketones is 1. The smallest absolute Gasteiger partial charge is 0.312 e. The number of carboxylic acid groups (broad SMARTS) is 3. The molecule has 0 aromatic carbocycles. The number of carbonyl (C=O) groups excluding carboxylic acids is 2. The van der Waals surface area contributed by atoms with E-state index in [1.54, 1.807) is 6.92 Å². The number of hydrogen-bond donors (Lipinski definition) is 4. The average molecular weight is 398 g/mol. The second-order valence-electron chi connectivity index (χ2n) is 6.48. The Morgan fingerprint density at radius 3 is 2.04 bits per heavy atom. The molecule has 1 aromatic rings. The normalized spacial score (nSPS) is 12.2. The van der Waals surface area contributed by atoms with Crippen molar-refractivity contribution in [2.45, 2.75) is 46.0 Å². The van der Waals surface area contributed by atoms with Crippen molar-refractivity contribution in [2.75, 3.05) is 0 Å².